The maximum atomic E-state index is 12.7. The lowest BCUT2D eigenvalue weighted by atomic mass is 10.3. The van der Waals surface area contributed by atoms with Gasteiger partial charge in [0.1, 0.15) is 34.1 Å². The zero-order chi connectivity index (χ0) is 18.7. The summed E-state index contributed by atoms with van der Waals surface area (Å²) in [4.78, 5) is 0. The van der Waals surface area contributed by atoms with E-state index in [1.165, 1.54) is 0 Å². The number of anilines is 2. The summed E-state index contributed by atoms with van der Waals surface area (Å²) in [5.41, 5.74) is 1.73. The van der Waals surface area contributed by atoms with Crippen LogP contribution in [0.3, 0.4) is 0 Å². The molecule has 138 valence electrons. The maximum Gasteiger partial charge on any atom is 0.339 e. The normalized spacial score (nSPS) is 13.8. The monoisotopic (exact) mass is 410 g/mol. The number of nitrogens with one attached hydrogen (secondary N) is 2. The van der Waals surface area contributed by atoms with E-state index in [9.17, 15) is 9.11 Å². The Morgan fingerprint density at radius 1 is 1.04 bits per heavy atom. The summed E-state index contributed by atoms with van der Waals surface area (Å²) in [5, 5.41) is 1.66. The highest BCUT2D eigenvalue weighted by molar-refractivity contribution is 7.93. The van der Waals surface area contributed by atoms with Crippen LogP contribution in [0, 0.1) is 5.92 Å². The Morgan fingerprint density at radius 2 is 1.81 bits per heavy atom. The third-order valence-electron chi connectivity index (χ3n) is 3.48. The molecule has 3 aromatic rings. The van der Waals surface area contributed by atoms with Crippen molar-refractivity contribution < 1.29 is 13.5 Å². The van der Waals surface area contributed by atoms with E-state index < -0.39 is 22.7 Å². The molecule has 1 aromatic heterocycles. The Hall–Kier alpha value is -1.51. The smallest absolute Gasteiger partial charge is 0.339 e. The van der Waals surface area contributed by atoms with E-state index in [-0.39, 0.29) is 5.92 Å². The number of furan rings is 1. The van der Waals surface area contributed by atoms with E-state index in [0.29, 0.717) is 32.8 Å². The lowest BCUT2D eigenvalue weighted by molar-refractivity contribution is 0.484. The molecule has 0 spiro atoms. The van der Waals surface area contributed by atoms with Crippen LogP contribution in [0.1, 0.15) is 13.8 Å². The van der Waals surface area contributed by atoms with Gasteiger partial charge < -0.3 is 13.5 Å². The van der Waals surface area contributed by atoms with Gasteiger partial charge in [-0.3, -0.25) is 0 Å². The van der Waals surface area contributed by atoms with Crippen LogP contribution in [0.2, 0.25) is 5.02 Å². The summed E-state index contributed by atoms with van der Waals surface area (Å²) >= 11 is 3.19. The molecule has 2 atom stereocenters. The SMILES string of the molecule is CC(C)C[S+]([O-])Nc1ccc(Cl)cc1N[S+]([O-])c1cc2ccccc2o1. The number of fused-ring (bicyclic) bond motifs is 1. The van der Waals surface area contributed by atoms with E-state index in [0.717, 1.165) is 5.39 Å². The summed E-state index contributed by atoms with van der Waals surface area (Å²) in [6, 6.07) is 14.2. The van der Waals surface area contributed by atoms with Gasteiger partial charge in [-0.2, -0.15) is 4.72 Å². The van der Waals surface area contributed by atoms with Gasteiger partial charge in [0.25, 0.3) is 0 Å². The Labute approximate surface area is 163 Å². The number of halogens is 1. The number of benzene rings is 2. The minimum absolute atomic E-state index is 0.289. The highest BCUT2D eigenvalue weighted by Crippen LogP contribution is 2.30. The van der Waals surface area contributed by atoms with Gasteiger partial charge in [-0.15, -0.1) is 0 Å². The number of hydrogen-bond acceptors (Lipinski definition) is 5. The lowest BCUT2D eigenvalue weighted by Gasteiger charge is -2.17. The molecule has 0 saturated carbocycles. The minimum Gasteiger partial charge on any atom is -0.593 e. The molecule has 8 heteroatoms. The molecular formula is C18H19ClN2O3S2. The van der Waals surface area contributed by atoms with Crippen LogP contribution < -0.4 is 9.44 Å². The van der Waals surface area contributed by atoms with Crippen LogP contribution in [-0.2, 0) is 22.7 Å². The standard InChI is InChI=1S/C18H19ClN2O3S2/c1-12(2)11-25(22)20-15-8-7-14(19)10-16(15)21-26(23)18-9-13-5-3-4-6-17(13)24-18/h3-10,12,20-21H,11H2,1-2H3. The predicted molar refractivity (Wildman–Crippen MR) is 109 cm³/mol. The number of hydrogen-bond donors (Lipinski definition) is 2. The molecule has 0 saturated heterocycles. The fraction of sp³-hybridized carbons (Fsp3) is 0.222. The second-order valence-corrected chi connectivity index (χ2v) is 8.98. The molecule has 0 amide bonds. The average Bonchev–Trinajstić information content (AvgIpc) is 3.01. The van der Waals surface area contributed by atoms with Crippen molar-refractivity contribution in [2.75, 3.05) is 15.2 Å². The molecule has 2 unspecified atom stereocenters. The molecule has 0 aliphatic heterocycles. The highest BCUT2D eigenvalue weighted by Gasteiger charge is 2.21. The van der Waals surface area contributed by atoms with Crippen molar-refractivity contribution in [3.8, 4) is 0 Å². The summed E-state index contributed by atoms with van der Waals surface area (Å²) in [6.45, 7) is 3.99. The van der Waals surface area contributed by atoms with Crippen LogP contribution >= 0.6 is 11.6 Å². The average molecular weight is 411 g/mol. The Kier molecular flexibility index (Phi) is 6.26. The first-order chi connectivity index (χ1) is 12.4. The zero-order valence-corrected chi connectivity index (χ0v) is 16.7. The summed E-state index contributed by atoms with van der Waals surface area (Å²) < 4.78 is 36.3. The van der Waals surface area contributed by atoms with E-state index in [1.807, 2.05) is 38.1 Å². The van der Waals surface area contributed by atoms with Gasteiger partial charge in [0.15, 0.2) is 0 Å². The van der Waals surface area contributed by atoms with Crippen LogP contribution in [0.5, 0.6) is 0 Å². The van der Waals surface area contributed by atoms with Crippen LogP contribution in [0.4, 0.5) is 11.4 Å². The zero-order valence-electron chi connectivity index (χ0n) is 14.3. The highest BCUT2D eigenvalue weighted by atomic mass is 35.5. The van der Waals surface area contributed by atoms with Gasteiger partial charge in [-0.25, -0.2) is 4.72 Å². The molecule has 0 aliphatic carbocycles. The second-order valence-electron chi connectivity index (χ2n) is 6.17. The van der Waals surface area contributed by atoms with Crippen LogP contribution in [0.25, 0.3) is 11.0 Å². The fourth-order valence-electron chi connectivity index (χ4n) is 2.36. The first kappa shape index (κ1) is 19.3. The summed E-state index contributed by atoms with van der Waals surface area (Å²) in [7, 11) is 0. The molecular weight excluding hydrogens is 392 g/mol. The maximum absolute atomic E-state index is 12.7. The molecule has 1 heterocycles. The molecule has 2 aromatic carbocycles. The molecule has 5 nitrogen and oxygen atoms in total. The topological polar surface area (TPSA) is 83.3 Å². The van der Waals surface area contributed by atoms with E-state index >= 15 is 0 Å². The second kappa shape index (κ2) is 8.45. The molecule has 0 fully saturated rings. The van der Waals surface area contributed by atoms with Crippen molar-refractivity contribution >= 4 is 56.7 Å². The molecule has 3 rings (SSSR count). The third kappa shape index (κ3) is 4.81. The van der Waals surface area contributed by atoms with Gasteiger partial charge in [-0.1, -0.05) is 43.6 Å². The Bertz CT molecular complexity index is 855. The van der Waals surface area contributed by atoms with Gasteiger partial charge in [0.2, 0.25) is 0 Å². The van der Waals surface area contributed by atoms with E-state index in [2.05, 4.69) is 9.44 Å². The predicted octanol–water partition coefficient (Wildman–Crippen LogP) is 4.95. The van der Waals surface area contributed by atoms with Gasteiger partial charge in [0.05, 0.1) is 11.4 Å². The summed E-state index contributed by atoms with van der Waals surface area (Å²) in [6.07, 6.45) is 0. The molecule has 0 radical (unpaired) electrons. The van der Waals surface area contributed by atoms with E-state index in [1.54, 1.807) is 24.3 Å². The molecule has 0 aliphatic rings. The molecule has 2 N–H and O–H groups in total. The third-order valence-corrected chi connectivity index (χ3v) is 6.10. The van der Waals surface area contributed by atoms with Crippen LogP contribution in [0.15, 0.2) is 58.0 Å². The Morgan fingerprint density at radius 3 is 2.54 bits per heavy atom. The van der Waals surface area contributed by atoms with Gasteiger partial charge in [0, 0.05) is 22.4 Å². The largest absolute Gasteiger partial charge is 0.593 e. The first-order valence-electron chi connectivity index (χ1n) is 8.04. The molecule has 26 heavy (non-hydrogen) atoms. The quantitative estimate of drug-likeness (QED) is 0.538. The van der Waals surface area contributed by atoms with Crippen molar-refractivity contribution in [1.29, 1.82) is 0 Å². The van der Waals surface area contributed by atoms with Gasteiger partial charge >= 0.3 is 5.09 Å². The van der Waals surface area contributed by atoms with Crippen molar-refractivity contribution in [2.24, 2.45) is 5.92 Å². The first-order valence-corrected chi connectivity index (χ1v) is 10.9. The molecule has 0 bridgehead atoms. The number of para-hydroxylation sites is 1. The van der Waals surface area contributed by atoms with Gasteiger partial charge in [-0.05, 0) is 24.3 Å². The van der Waals surface area contributed by atoms with Crippen molar-refractivity contribution in [2.45, 2.75) is 18.9 Å². The lowest BCUT2D eigenvalue weighted by Crippen LogP contribution is -2.21. The summed E-state index contributed by atoms with van der Waals surface area (Å²) in [5.74, 6) is 0.797. The Balaban J connectivity index is 1.80. The van der Waals surface area contributed by atoms with Crippen molar-refractivity contribution in [1.82, 2.24) is 0 Å². The minimum atomic E-state index is -1.63. The van der Waals surface area contributed by atoms with Crippen LogP contribution in [-0.4, -0.2) is 14.9 Å². The fourth-order valence-corrected chi connectivity index (χ4v) is 4.51. The van der Waals surface area contributed by atoms with Crippen molar-refractivity contribution in [3.05, 3.63) is 53.6 Å². The van der Waals surface area contributed by atoms with Crippen molar-refractivity contribution in [3.63, 3.8) is 0 Å². The number of rotatable bonds is 7. The van der Waals surface area contributed by atoms with E-state index in [4.69, 9.17) is 16.0 Å².